The van der Waals surface area contributed by atoms with E-state index in [4.69, 9.17) is 20.4 Å². The van der Waals surface area contributed by atoms with Crippen molar-refractivity contribution in [2.45, 2.75) is 24.3 Å². The van der Waals surface area contributed by atoms with Crippen molar-refractivity contribution in [1.29, 1.82) is 0 Å². The number of aromatic nitrogens is 4. The SMILES string of the molecule is Cc1nc(Cc2nnc(SCc3coc(-c4cccc(Cl)c4)n3)o2)cs1. The summed E-state index contributed by atoms with van der Waals surface area (Å²) in [6.07, 6.45) is 2.17. The zero-order valence-electron chi connectivity index (χ0n) is 13.7. The molecular formula is C17H13ClN4O2S2. The van der Waals surface area contributed by atoms with Crippen LogP contribution in [0.3, 0.4) is 0 Å². The molecule has 6 nitrogen and oxygen atoms in total. The van der Waals surface area contributed by atoms with Crippen LogP contribution >= 0.6 is 34.7 Å². The Morgan fingerprint density at radius 1 is 1.19 bits per heavy atom. The molecule has 0 aliphatic carbocycles. The molecule has 3 aromatic heterocycles. The largest absolute Gasteiger partial charge is 0.444 e. The lowest BCUT2D eigenvalue weighted by molar-refractivity contribution is 0.419. The van der Waals surface area contributed by atoms with Gasteiger partial charge in [-0.05, 0) is 25.1 Å². The normalized spacial score (nSPS) is 11.2. The summed E-state index contributed by atoms with van der Waals surface area (Å²) in [4.78, 5) is 8.87. The second kappa shape index (κ2) is 7.61. The zero-order valence-corrected chi connectivity index (χ0v) is 16.1. The first kappa shape index (κ1) is 17.3. The van der Waals surface area contributed by atoms with Gasteiger partial charge < -0.3 is 8.83 Å². The first-order valence-corrected chi connectivity index (χ1v) is 9.96. The molecule has 9 heteroatoms. The summed E-state index contributed by atoms with van der Waals surface area (Å²) >= 11 is 9.02. The first-order chi connectivity index (χ1) is 12.7. The molecule has 0 bridgehead atoms. The van der Waals surface area contributed by atoms with Gasteiger partial charge in [0.15, 0.2) is 0 Å². The third-order valence-electron chi connectivity index (χ3n) is 3.41. The topological polar surface area (TPSA) is 77.8 Å². The molecule has 4 aromatic rings. The maximum atomic E-state index is 6.00. The van der Waals surface area contributed by atoms with Crippen molar-refractivity contribution in [3.05, 3.63) is 63.2 Å². The monoisotopic (exact) mass is 404 g/mol. The van der Waals surface area contributed by atoms with Crippen LogP contribution in [0.15, 0.2) is 50.0 Å². The minimum Gasteiger partial charge on any atom is -0.444 e. The third kappa shape index (κ3) is 4.14. The molecule has 0 unspecified atom stereocenters. The van der Waals surface area contributed by atoms with E-state index in [-0.39, 0.29) is 0 Å². The van der Waals surface area contributed by atoms with Crippen molar-refractivity contribution in [2.24, 2.45) is 0 Å². The Labute approximate surface area is 162 Å². The van der Waals surface area contributed by atoms with Crippen molar-refractivity contribution in [3.63, 3.8) is 0 Å². The third-order valence-corrected chi connectivity index (χ3v) is 5.32. The highest BCUT2D eigenvalue weighted by molar-refractivity contribution is 7.98. The van der Waals surface area contributed by atoms with E-state index in [0.29, 0.717) is 34.2 Å². The molecular weight excluding hydrogens is 392 g/mol. The molecule has 0 aliphatic heterocycles. The van der Waals surface area contributed by atoms with Gasteiger partial charge in [0.25, 0.3) is 5.22 Å². The van der Waals surface area contributed by atoms with Crippen LogP contribution in [-0.2, 0) is 12.2 Å². The molecule has 0 amide bonds. The number of rotatable bonds is 6. The fourth-order valence-electron chi connectivity index (χ4n) is 2.28. The number of nitrogens with zero attached hydrogens (tertiary/aromatic N) is 4. The second-order valence-electron chi connectivity index (χ2n) is 5.44. The molecule has 0 aliphatic rings. The van der Waals surface area contributed by atoms with Gasteiger partial charge in [0, 0.05) is 21.7 Å². The molecule has 26 heavy (non-hydrogen) atoms. The van der Waals surface area contributed by atoms with Gasteiger partial charge in [0.1, 0.15) is 6.26 Å². The van der Waals surface area contributed by atoms with Gasteiger partial charge in [0.05, 0.1) is 22.8 Å². The summed E-state index contributed by atoms with van der Waals surface area (Å²) < 4.78 is 11.2. The second-order valence-corrected chi connectivity index (χ2v) is 7.86. The van der Waals surface area contributed by atoms with Crippen LogP contribution in [0.4, 0.5) is 0 Å². The average Bonchev–Trinajstić information content (AvgIpc) is 3.35. The van der Waals surface area contributed by atoms with E-state index in [1.165, 1.54) is 11.8 Å². The van der Waals surface area contributed by atoms with Crippen LogP contribution in [0.25, 0.3) is 11.5 Å². The van der Waals surface area contributed by atoms with Crippen molar-refractivity contribution >= 4 is 34.7 Å². The van der Waals surface area contributed by atoms with E-state index in [2.05, 4.69) is 20.2 Å². The predicted molar refractivity (Wildman–Crippen MR) is 100 cm³/mol. The van der Waals surface area contributed by atoms with Gasteiger partial charge in [-0.3, -0.25) is 0 Å². The lowest BCUT2D eigenvalue weighted by Gasteiger charge is -1.95. The number of hydrogen-bond donors (Lipinski definition) is 0. The molecule has 132 valence electrons. The van der Waals surface area contributed by atoms with Crippen molar-refractivity contribution in [3.8, 4) is 11.5 Å². The smallest absolute Gasteiger partial charge is 0.276 e. The van der Waals surface area contributed by atoms with Crippen LogP contribution in [0.5, 0.6) is 0 Å². The number of oxazole rings is 1. The van der Waals surface area contributed by atoms with Crippen LogP contribution in [0.2, 0.25) is 5.02 Å². The number of halogens is 1. The fraction of sp³-hybridized carbons (Fsp3) is 0.176. The lowest BCUT2D eigenvalue weighted by Crippen LogP contribution is -1.88. The predicted octanol–water partition coefficient (Wildman–Crippen LogP) is 5.03. The van der Waals surface area contributed by atoms with E-state index in [9.17, 15) is 0 Å². The van der Waals surface area contributed by atoms with Gasteiger partial charge in [-0.25, -0.2) is 9.97 Å². The molecule has 0 spiro atoms. The average molecular weight is 405 g/mol. The van der Waals surface area contributed by atoms with Crippen molar-refractivity contribution in [2.75, 3.05) is 0 Å². The fourth-order valence-corrected chi connectivity index (χ4v) is 3.74. The minimum absolute atomic E-state index is 0.499. The maximum absolute atomic E-state index is 6.00. The Kier molecular flexibility index (Phi) is 5.05. The first-order valence-electron chi connectivity index (χ1n) is 7.72. The van der Waals surface area contributed by atoms with Gasteiger partial charge in [-0.2, -0.15) is 0 Å². The maximum Gasteiger partial charge on any atom is 0.276 e. The highest BCUT2D eigenvalue weighted by Gasteiger charge is 2.12. The number of hydrogen-bond acceptors (Lipinski definition) is 8. The summed E-state index contributed by atoms with van der Waals surface area (Å²) in [5.41, 5.74) is 2.57. The molecule has 0 radical (unpaired) electrons. The number of aryl methyl sites for hydroxylation is 1. The molecule has 1 aromatic carbocycles. The lowest BCUT2D eigenvalue weighted by atomic mass is 10.2. The number of thiazole rings is 1. The Morgan fingerprint density at radius 2 is 2.12 bits per heavy atom. The summed E-state index contributed by atoms with van der Waals surface area (Å²) in [5, 5.41) is 12.3. The standard InChI is InChI=1S/C17H13ClN4O2S2/c1-10-19-13(8-25-10)6-15-21-22-17(24-15)26-9-14-7-23-16(20-14)11-3-2-4-12(18)5-11/h2-5,7-8H,6,9H2,1H3. The Bertz CT molecular complexity index is 1030. The quantitative estimate of drug-likeness (QED) is 0.417. The Hall–Kier alpha value is -2.16. The zero-order chi connectivity index (χ0) is 17.9. The minimum atomic E-state index is 0.499. The molecule has 0 saturated heterocycles. The van der Waals surface area contributed by atoms with E-state index < -0.39 is 0 Å². The summed E-state index contributed by atoms with van der Waals surface area (Å²) in [7, 11) is 0. The Morgan fingerprint density at radius 3 is 2.92 bits per heavy atom. The van der Waals surface area contributed by atoms with Gasteiger partial charge in [-0.15, -0.1) is 21.5 Å². The highest BCUT2D eigenvalue weighted by Crippen LogP contribution is 2.26. The van der Waals surface area contributed by atoms with E-state index in [0.717, 1.165) is 22.0 Å². The van der Waals surface area contributed by atoms with Crippen LogP contribution < -0.4 is 0 Å². The molecule has 0 atom stereocenters. The van der Waals surface area contributed by atoms with Crippen LogP contribution in [-0.4, -0.2) is 20.2 Å². The molecule has 0 fully saturated rings. The molecule has 0 saturated carbocycles. The van der Waals surface area contributed by atoms with Gasteiger partial charge in [-0.1, -0.05) is 29.4 Å². The van der Waals surface area contributed by atoms with Crippen LogP contribution in [0.1, 0.15) is 22.3 Å². The summed E-state index contributed by atoms with van der Waals surface area (Å²) in [6.45, 7) is 1.97. The van der Waals surface area contributed by atoms with Gasteiger partial charge >= 0.3 is 0 Å². The van der Waals surface area contributed by atoms with Crippen molar-refractivity contribution < 1.29 is 8.83 Å². The van der Waals surface area contributed by atoms with E-state index in [1.807, 2.05) is 36.6 Å². The molecule has 3 heterocycles. The van der Waals surface area contributed by atoms with E-state index >= 15 is 0 Å². The van der Waals surface area contributed by atoms with E-state index in [1.54, 1.807) is 17.6 Å². The molecule has 4 rings (SSSR count). The summed E-state index contributed by atoms with van der Waals surface area (Å²) in [5.74, 6) is 1.66. The number of benzene rings is 1. The Balaban J connectivity index is 1.37. The highest BCUT2D eigenvalue weighted by atomic mass is 35.5. The number of thioether (sulfide) groups is 1. The van der Waals surface area contributed by atoms with Crippen LogP contribution in [0, 0.1) is 6.92 Å². The summed E-state index contributed by atoms with van der Waals surface area (Å²) in [6, 6.07) is 7.39. The van der Waals surface area contributed by atoms with Gasteiger partial charge in [0.2, 0.25) is 11.8 Å². The van der Waals surface area contributed by atoms with Crippen molar-refractivity contribution in [1.82, 2.24) is 20.2 Å². The molecule has 0 N–H and O–H groups in total.